The molecular formula is C18H30N2O. The molecule has 0 bridgehead atoms. The number of hydrogen-bond acceptors (Lipinski definition) is 3. The predicted octanol–water partition coefficient (Wildman–Crippen LogP) is 3.08. The van der Waals surface area contributed by atoms with Crippen molar-refractivity contribution < 1.29 is 4.74 Å². The Morgan fingerprint density at radius 1 is 1.24 bits per heavy atom. The highest BCUT2D eigenvalue weighted by Crippen LogP contribution is 2.34. The van der Waals surface area contributed by atoms with Gasteiger partial charge >= 0.3 is 0 Å². The Kier molecular flexibility index (Phi) is 5.80. The first-order chi connectivity index (χ1) is 10.1. The average Bonchev–Trinajstić information content (AvgIpc) is 2.49. The van der Waals surface area contributed by atoms with Crippen molar-refractivity contribution >= 4 is 0 Å². The van der Waals surface area contributed by atoms with Crippen LogP contribution in [0.3, 0.4) is 0 Å². The van der Waals surface area contributed by atoms with Crippen molar-refractivity contribution in [1.82, 2.24) is 10.2 Å². The number of piperidine rings is 1. The zero-order chi connectivity index (χ0) is 15.3. The van der Waals surface area contributed by atoms with E-state index in [0.717, 1.165) is 32.5 Å². The number of nitrogens with one attached hydrogen (secondary N) is 1. The summed E-state index contributed by atoms with van der Waals surface area (Å²) >= 11 is 0. The summed E-state index contributed by atoms with van der Waals surface area (Å²) in [5, 5.41) is 3.52. The second-order valence-electron chi connectivity index (χ2n) is 6.83. The van der Waals surface area contributed by atoms with Crippen molar-refractivity contribution in [3.63, 3.8) is 0 Å². The topological polar surface area (TPSA) is 24.5 Å². The molecule has 21 heavy (non-hydrogen) atoms. The van der Waals surface area contributed by atoms with Crippen LogP contribution >= 0.6 is 0 Å². The minimum atomic E-state index is 0.190. The minimum Gasteiger partial charge on any atom is -0.381 e. The maximum absolute atomic E-state index is 5.47. The summed E-state index contributed by atoms with van der Waals surface area (Å²) in [5.74, 6) is 0. The standard InChI is InChI=1S/C18H30N2O/c1-18(2,14-20-12-10-16(21-4)11-13-20)17(19-3)15-8-6-5-7-9-15/h5-9,16-17,19H,10-14H2,1-4H3. The Morgan fingerprint density at radius 2 is 1.86 bits per heavy atom. The van der Waals surface area contributed by atoms with E-state index in [1.807, 2.05) is 7.11 Å². The first kappa shape index (κ1) is 16.5. The van der Waals surface area contributed by atoms with Crippen LogP contribution in [0.4, 0.5) is 0 Å². The van der Waals surface area contributed by atoms with Crippen LogP contribution in [-0.2, 0) is 4.74 Å². The molecule has 1 aromatic carbocycles. The molecule has 0 spiro atoms. The summed E-state index contributed by atoms with van der Waals surface area (Å²) < 4.78 is 5.47. The SMILES string of the molecule is CNC(c1ccccc1)C(C)(C)CN1CCC(OC)CC1. The molecule has 1 fully saturated rings. The van der Waals surface area contributed by atoms with E-state index in [0.29, 0.717) is 12.1 Å². The van der Waals surface area contributed by atoms with Crippen molar-refractivity contribution in [3.05, 3.63) is 35.9 Å². The predicted molar refractivity (Wildman–Crippen MR) is 88.5 cm³/mol. The molecule has 3 heteroatoms. The fourth-order valence-electron chi connectivity index (χ4n) is 3.62. The summed E-state index contributed by atoms with van der Waals surface area (Å²) in [6.07, 6.45) is 2.77. The smallest absolute Gasteiger partial charge is 0.0595 e. The van der Waals surface area contributed by atoms with Crippen LogP contribution in [0.15, 0.2) is 30.3 Å². The molecule has 0 aliphatic carbocycles. The van der Waals surface area contributed by atoms with Gasteiger partial charge in [-0.15, -0.1) is 0 Å². The lowest BCUT2D eigenvalue weighted by Gasteiger charge is -2.41. The van der Waals surface area contributed by atoms with E-state index in [2.05, 4.69) is 61.4 Å². The van der Waals surface area contributed by atoms with Gasteiger partial charge in [0.15, 0.2) is 0 Å². The maximum Gasteiger partial charge on any atom is 0.0595 e. The normalized spacial score (nSPS) is 19.6. The van der Waals surface area contributed by atoms with E-state index in [-0.39, 0.29) is 5.41 Å². The molecule has 1 unspecified atom stereocenters. The number of benzene rings is 1. The van der Waals surface area contributed by atoms with E-state index in [9.17, 15) is 0 Å². The molecule has 118 valence electrons. The molecule has 1 atom stereocenters. The highest BCUT2D eigenvalue weighted by Gasteiger charge is 2.32. The summed E-state index contributed by atoms with van der Waals surface area (Å²) in [4.78, 5) is 2.59. The second kappa shape index (κ2) is 7.39. The van der Waals surface area contributed by atoms with Crippen LogP contribution in [0.1, 0.15) is 38.3 Å². The van der Waals surface area contributed by atoms with Gasteiger partial charge in [0.05, 0.1) is 6.10 Å². The molecule has 0 aromatic heterocycles. The summed E-state index contributed by atoms with van der Waals surface area (Å²) in [5.41, 5.74) is 1.56. The zero-order valence-electron chi connectivity index (χ0n) is 13.9. The van der Waals surface area contributed by atoms with Crippen LogP contribution in [0.2, 0.25) is 0 Å². The van der Waals surface area contributed by atoms with E-state index in [1.165, 1.54) is 5.56 Å². The van der Waals surface area contributed by atoms with Gasteiger partial charge in [0, 0.05) is 32.8 Å². The number of ether oxygens (including phenoxy) is 1. The molecular weight excluding hydrogens is 260 g/mol. The molecule has 1 aromatic rings. The van der Waals surface area contributed by atoms with Crippen molar-refractivity contribution in [1.29, 1.82) is 0 Å². The third kappa shape index (κ3) is 4.29. The Labute approximate surface area is 129 Å². The second-order valence-corrected chi connectivity index (χ2v) is 6.83. The van der Waals surface area contributed by atoms with Gasteiger partial charge in [-0.3, -0.25) is 0 Å². The molecule has 1 saturated heterocycles. The van der Waals surface area contributed by atoms with Crippen LogP contribution in [0, 0.1) is 5.41 Å². The van der Waals surface area contributed by atoms with E-state index in [4.69, 9.17) is 4.74 Å². The van der Waals surface area contributed by atoms with Crippen molar-refractivity contribution in [2.45, 2.75) is 38.8 Å². The zero-order valence-corrected chi connectivity index (χ0v) is 13.9. The Hall–Kier alpha value is -0.900. The molecule has 1 heterocycles. The lowest BCUT2D eigenvalue weighted by molar-refractivity contribution is 0.0253. The number of hydrogen-bond donors (Lipinski definition) is 1. The first-order valence-electron chi connectivity index (χ1n) is 8.04. The third-order valence-electron chi connectivity index (χ3n) is 4.70. The third-order valence-corrected chi connectivity index (χ3v) is 4.70. The first-order valence-corrected chi connectivity index (χ1v) is 8.04. The highest BCUT2D eigenvalue weighted by atomic mass is 16.5. The number of methoxy groups -OCH3 is 1. The summed E-state index contributed by atoms with van der Waals surface area (Å²) in [6.45, 7) is 8.14. The van der Waals surface area contributed by atoms with Crippen molar-refractivity contribution in [2.75, 3.05) is 33.8 Å². The molecule has 0 saturated carbocycles. The van der Waals surface area contributed by atoms with Gasteiger partial charge in [-0.1, -0.05) is 44.2 Å². The summed E-state index contributed by atoms with van der Waals surface area (Å²) in [6, 6.07) is 11.2. The molecule has 2 rings (SSSR count). The molecule has 1 N–H and O–H groups in total. The number of nitrogens with zero attached hydrogens (tertiary/aromatic N) is 1. The number of rotatable bonds is 6. The quantitative estimate of drug-likeness (QED) is 0.871. The van der Waals surface area contributed by atoms with Gasteiger partial charge in [0.25, 0.3) is 0 Å². The van der Waals surface area contributed by atoms with E-state index >= 15 is 0 Å². The molecule has 1 aliphatic rings. The fourth-order valence-corrected chi connectivity index (χ4v) is 3.62. The van der Waals surface area contributed by atoms with Crippen LogP contribution in [0.25, 0.3) is 0 Å². The number of likely N-dealkylation sites (tertiary alicyclic amines) is 1. The van der Waals surface area contributed by atoms with Crippen molar-refractivity contribution in [3.8, 4) is 0 Å². The van der Waals surface area contributed by atoms with Crippen molar-refractivity contribution in [2.24, 2.45) is 5.41 Å². The van der Waals surface area contributed by atoms with Gasteiger partial charge in [-0.05, 0) is 30.9 Å². The summed E-state index contributed by atoms with van der Waals surface area (Å²) in [7, 11) is 3.90. The molecule has 3 nitrogen and oxygen atoms in total. The van der Waals surface area contributed by atoms with E-state index in [1.54, 1.807) is 0 Å². The maximum atomic E-state index is 5.47. The Balaban J connectivity index is 2.00. The largest absolute Gasteiger partial charge is 0.381 e. The lowest BCUT2D eigenvalue weighted by Crippen LogP contribution is -2.45. The van der Waals surface area contributed by atoms with Crippen LogP contribution in [0.5, 0.6) is 0 Å². The Morgan fingerprint density at radius 3 is 2.38 bits per heavy atom. The highest BCUT2D eigenvalue weighted by molar-refractivity contribution is 5.21. The fraction of sp³-hybridized carbons (Fsp3) is 0.667. The van der Waals surface area contributed by atoms with Gasteiger partial charge in [0.2, 0.25) is 0 Å². The van der Waals surface area contributed by atoms with Crippen LogP contribution in [-0.4, -0.2) is 44.8 Å². The minimum absolute atomic E-state index is 0.190. The molecule has 0 amide bonds. The lowest BCUT2D eigenvalue weighted by atomic mass is 9.79. The van der Waals surface area contributed by atoms with Crippen LogP contribution < -0.4 is 5.32 Å². The molecule has 1 aliphatic heterocycles. The van der Waals surface area contributed by atoms with Gasteiger partial charge < -0.3 is 15.0 Å². The Bertz CT molecular complexity index is 410. The monoisotopic (exact) mass is 290 g/mol. The van der Waals surface area contributed by atoms with E-state index < -0.39 is 0 Å². The van der Waals surface area contributed by atoms with Gasteiger partial charge in [-0.25, -0.2) is 0 Å². The van der Waals surface area contributed by atoms with Gasteiger partial charge in [0.1, 0.15) is 0 Å². The molecule has 0 radical (unpaired) electrons. The van der Waals surface area contributed by atoms with Gasteiger partial charge in [-0.2, -0.15) is 0 Å². The average molecular weight is 290 g/mol.